The van der Waals surface area contributed by atoms with Crippen molar-refractivity contribution >= 4 is 11.3 Å². The standard InChI is InChI=1S/C19H23NS/c1-3-14(4-1)7-15-5-2-6-16(8-15)11-20-19-9-17-12-21-13-18(17)10-19/h2,5-6,8,12-14,19-20H,1,3-4,7,9-11H2. The van der Waals surface area contributed by atoms with Gasteiger partial charge in [-0.1, -0.05) is 43.5 Å². The molecule has 4 rings (SSSR count). The zero-order valence-corrected chi connectivity index (χ0v) is 13.3. The number of nitrogens with one attached hydrogen (secondary N) is 1. The van der Waals surface area contributed by atoms with E-state index in [4.69, 9.17) is 0 Å². The Balaban J connectivity index is 1.32. The Hall–Kier alpha value is -1.12. The first kappa shape index (κ1) is 13.5. The Morgan fingerprint density at radius 1 is 1.05 bits per heavy atom. The third-order valence-electron chi connectivity index (χ3n) is 5.10. The van der Waals surface area contributed by atoms with Gasteiger partial charge in [-0.2, -0.15) is 11.3 Å². The Kier molecular flexibility index (Phi) is 3.83. The van der Waals surface area contributed by atoms with Crippen molar-refractivity contribution in [1.82, 2.24) is 5.32 Å². The van der Waals surface area contributed by atoms with Crippen LogP contribution < -0.4 is 5.32 Å². The van der Waals surface area contributed by atoms with Gasteiger partial charge in [0.15, 0.2) is 0 Å². The zero-order chi connectivity index (χ0) is 14.1. The van der Waals surface area contributed by atoms with Crippen LogP contribution in [-0.2, 0) is 25.8 Å². The molecule has 1 aromatic heterocycles. The lowest BCUT2D eigenvalue weighted by molar-refractivity contribution is 0.314. The lowest BCUT2D eigenvalue weighted by Gasteiger charge is -2.25. The molecule has 2 heteroatoms. The van der Waals surface area contributed by atoms with Gasteiger partial charge in [-0.15, -0.1) is 0 Å². The molecule has 21 heavy (non-hydrogen) atoms. The van der Waals surface area contributed by atoms with Gasteiger partial charge in [-0.25, -0.2) is 0 Å². The third kappa shape index (κ3) is 3.07. The highest BCUT2D eigenvalue weighted by molar-refractivity contribution is 7.08. The van der Waals surface area contributed by atoms with Crippen LogP contribution >= 0.6 is 11.3 Å². The highest BCUT2D eigenvalue weighted by Gasteiger charge is 2.21. The maximum atomic E-state index is 3.74. The summed E-state index contributed by atoms with van der Waals surface area (Å²) < 4.78 is 0. The van der Waals surface area contributed by atoms with Crippen LogP contribution in [0, 0.1) is 5.92 Å². The summed E-state index contributed by atoms with van der Waals surface area (Å²) in [5.74, 6) is 0.957. The molecule has 0 saturated heterocycles. The largest absolute Gasteiger partial charge is 0.309 e. The molecule has 0 amide bonds. The van der Waals surface area contributed by atoms with E-state index < -0.39 is 0 Å². The van der Waals surface area contributed by atoms with Gasteiger partial charge in [0, 0.05) is 12.6 Å². The van der Waals surface area contributed by atoms with Crippen LogP contribution in [0.25, 0.3) is 0 Å². The fourth-order valence-electron chi connectivity index (χ4n) is 3.61. The Bertz CT molecular complexity index is 591. The predicted molar refractivity (Wildman–Crippen MR) is 89.8 cm³/mol. The molecule has 0 atom stereocenters. The Morgan fingerprint density at radius 2 is 1.81 bits per heavy atom. The maximum absolute atomic E-state index is 3.74. The number of thiophene rings is 1. The van der Waals surface area contributed by atoms with Gasteiger partial charge in [0.1, 0.15) is 0 Å². The van der Waals surface area contributed by atoms with Gasteiger partial charge in [0.25, 0.3) is 0 Å². The predicted octanol–water partition coefficient (Wildman–Crippen LogP) is 4.35. The van der Waals surface area contributed by atoms with Crippen molar-refractivity contribution in [2.24, 2.45) is 5.92 Å². The van der Waals surface area contributed by atoms with Crippen LogP contribution in [0.2, 0.25) is 0 Å². The first-order valence-corrected chi connectivity index (χ1v) is 9.16. The van der Waals surface area contributed by atoms with E-state index in [2.05, 4.69) is 40.3 Å². The molecule has 0 unspecified atom stereocenters. The summed E-state index contributed by atoms with van der Waals surface area (Å²) in [5.41, 5.74) is 6.11. The zero-order valence-electron chi connectivity index (χ0n) is 12.5. The van der Waals surface area contributed by atoms with E-state index >= 15 is 0 Å². The summed E-state index contributed by atoms with van der Waals surface area (Å²) in [6.45, 7) is 1.01. The highest BCUT2D eigenvalue weighted by atomic mass is 32.1. The van der Waals surface area contributed by atoms with Crippen LogP contribution in [0.15, 0.2) is 35.0 Å². The van der Waals surface area contributed by atoms with Gasteiger partial charge < -0.3 is 5.32 Å². The number of rotatable bonds is 5. The molecule has 2 aliphatic rings. The van der Waals surface area contributed by atoms with E-state index in [1.165, 1.54) is 49.7 Å². The average Bonchev–Trinajstić information content (AvgIpc) is 3.02. The first-order chi connectivity index (χ1) is 10.4. The van der Waals surface area contributed by atoms with E-state index in [0.717, 1.165) is 12.5 Å². The summed E-state index contributed by atoms with van der Waals surface area (Å²) >= 11 is 1.85. The molecule has 0 radical (unpaired) electrons. The summed E-state index contributed by atoms with van der Waals surface area (Å²) in [4.78, 5) is 0. The Morgan fingerprint density at radius 3 is 2.52 bits per heavy atom. The fraction of sp³-hybridized carbons (Fsp3) is 0.474. The summed E-state index contributed by atoms with van der Waals surface area (Å²) in [7, 11) is 0. The molecule has 110 valence electrons. The van der Waals surface area contributed by atoms with Crippen LogP contribution in [0.1, 0.15) is 41.5 Å². The second-order valence-corrected chi connectivity index (χ2v) is 7.47. The number of fused-ring (bicyclic) bond motifs is 1. The van der Waals surface area contributed by atoms with Gasteiger partial charge in [-0.3, -0.25) is 0 Å². The number of benzene rings is 1. The molecule has 1 nitrogen and oxygen atoms in total. The van der Waals surface area contributed by atoms with E-state index in [9.17, 15) is 0 Å². The molecular weight excluding hydrogens is 274 g/mol. The van der Waals surface area contributed by atoms with Gasteiger partial charge in [-0.05, 0) is 58.2 Å². The van der Waals surface area contributed by atoms with Crippen molar-refractivity contribution in [3.8, 4) is 0 Å². The molecule has 1 aromatic carbocycles. The molecule has 2 aliphatic carbocycles. The highest BCUT2D eigenvalue weighted by Crippen LogP contribution is 2.30. The molecule has 1 N–H and O–H groups in total. The van der Waals surface area contributed by atoms with E-state index in [-0.39, 0.29) is 0 Å². The smallest absolute Gasteiger partial charge is 0.0208 e. The van der Waals surface area contributed by atoms with Crippen molar-refractivity contribution in [1.29, 1.82) is 0 Å². The van der Waals surface area contributed by atoms with E-state index in [1.807, 2.05) is 11.3 Å². The monoisotopic (exact) mass is 297 g/mol. The molecule has 0 spiro atoms. The van der Waals surface area contributed by atoms with E-state index in [0.29, 0.717) is 6.04 Å². The number of hydrogen-bond acceptors (Lipinski definition) is 2. The molecule has 1 heterocycles. The lowest BCUT2D eigenvalue weighted by Crippen LogP contribution is -2.29. The SMILES string of the molecule is c1cc(CNC2Cc3cscc3C2)cc(CC2CCC2)c1. The summed E-state index contributed by atoms with van der Waals surface area (Å²) in [6.07, 6.45) is 8.02. The van der Waals surface area contributed by atoms with Gasteiger partial charge in [0.2, 0.25) is 0 Å². The molecule has 0 bridgehead atoms. The molecule has 1 fully saturated rings. The van der Waals surface area contributed by atoms with Crippen molar-refractivity contribution in [2.75, 3.05) is 0 Å². The minimum absolute atomic E-state index is 0.638. The quantitative estimate of drug-likeness (QED) is 0.865. The van der Waals surface area contributed by atoms with Gasteiger partial charge >= 0.3 is 0 Å². The summed E-state index contributed by atoms with van der Waals surface area (Å²) in [6, 6.07) is 9.85. The fourth-order valence-corrected chi connectivity index (χ4v) is 4.51. The van der Waals surface area contributed by atoms with Crippen LogP contribution in [0.4, 0.5) is 0 Å². The molecule has 1 saturated carbocycles. The van der Waals surface area contributed by atoms with Crippen molar-refractivity contribution in [3.05, 3.63) is 57.3 Å². The minimum atomic E-state index is 0.638. The first-order valence-electron chi connectivity index (χ1n) is 8.22. The van der Waals surface area contributed by atoms with Crippen LogP contribution in [0.5, 0.6) is 0 Å². The third-order valence-corrected chi connectivity index (χ3v) is 5.94. The van der Waals surface area contributed by atoms with Crippen molar-refractivity contribution in [2.45, 2.75) is 51.1 Å². The molecule has 0 aliphatic heterocycles. The Labute approximate surface area is 131 Å². The molecule has 2 aromatic rings. The maximum Gasteiger partial charge on any atom is 0.0208 e. The van der Waals surface area contributed by atoms with Gasteiger partial charge in [0.05, 0.1) is 0 Å². The topological polar surface area (TPSA) is 12.0 Å². The van der Waals surface area contributed by atoms with E-state index in [1.54, 1.807) is 11.1 Å². The minimum Gasteiger partial charge on any atom is -0.309 e. The van der Waals surface area contributed by atoms with Crippen molar-refractivity contribution < 1.29 is 0 Å². The average molecular weight is 297 g/mol. The second kappa shape index (κ2) is 5.94. The number of hydrogen-bond donors (Lipinski definition) is 1. The van der Waals surface area contributed by atoms with Crippen LogP contribution in [-0.4, -0.2) is 6.04 Å². The normalized spacial score (nSPS) is 18.7. The van der Waals surface area contributed by atoms with Crippen LogP contribution in [0.3, 0.4) is 0 Å². The summed E-state index contributed by atoms with van der Waals surface area (Å²) in [5, 5.41) is 8.38. The molecular formula is C19H23NS. The second-order valence-electron chi connectivity index (χ2n) is 6.73. The van der Waals surface area contributed by atoms with Crippen molar-refractivity contribution in [3.63, 3.8) is 0 Å². The lowest BCUT2D eigenvalue weighted by atomic mass is 9.81.